The fraction of sp³-hybridized carbons (Fsp3) is 0.250. The molecule has 0 aromatic heterocycles. The Hall–Kier alpha value is -1.98. The smallest absolute Gasteiger partial charge is 0.416 e. The van der Waals surface area contributed by atoms with Crippen molar-refractivity contribution in [1.29, 1.82) is 0 Å². The number of rotatable bonds is 5. The topological polar surface area (TPSA) is 46.5 Å². The zero-order valence-electron chi connectivity index (χ0n) is 9.33. The van der Waals surface area contributed by atoms with Crippen molar-refractivity contribution in [3.63, 3.8) is 0 Å². The SMILES string of the molecule is C=CCCOc1ccc(C(F)(F)F)cc1C(=O)O. The number of carboxylic acid groups (broad SMARTS) is 1. The van der Waals surface area contributed by atoms with E-state index in [0.29, 0.717) is 12.5 Å². The lowest BCUT2D eigenvalue weighted by atomic mass is 10.1. The zero-order chi connectivity index (χ0) is 13.8. The number of carbonyl (C=O) groups is 1. The van der Waals surface area contributed by atoms with Gasteiger partial charge in [0, 0.05) is 0 Å². The second-order valence-electron chi connectivity index (χ2n) is 3.44. The summed E-state index contributed by atoms with van der Waals surface area (Å²) in [6.07, 6.45) is -2.55. The lowest BCUT2D eigenvalue weighted by molar-refractivity contribution is -0.137. The number of alkyl halides is 3. The number of benzene rings is 1. The minimum Gasteiger partial charge on any atom is -0.492 e. The maximum atomic E-state index is 12.4. The Morgan fingerprint density at radius 3 is 2.61 bits per heavy atom. The molecule has 6 heteroatoms. The average molecular weight is 260 g/mol. The molecule has 0 aliphatic carbocycles. The van der Waals surface area contributed by atoms with Gasteiger partial charge >= 0.3 is 12.1 Å². The van der Waals surface area contributed by atoms with Gasteiger partial charge in [-0.1, -0.05) is 6.08 Å². The number of hydrogen-bond acceptors (Lipinski definition) is 2. The van der Waals surface area contributed by atoms with Gasteiger partial charge in [0.25, 0.3) is 0 Å². The molecular formula is C12H11F3O3. The molecule has 0 heterocycles. The first-order valence-corrected chi connectivity index (χ1v) is 5.04. The van der Waals surface area contributed by atoms with Crippen LogP contribution < -0.4 is 4.74 Å². The molecule has 0 aliphatic heterocycles. The van der Waals surface area contributed by atoms with E-state index in [-0.39, 0.29) is 12.4 Å². The summed E-state index contributed by atoms with van der Waals surface area (Å²) in [6.45, 7) is 3.61. The van der Waals surface area contributed by atoms with Crippen LogP contribution in [0.3, 0.4) is 0 Å². The van der Waals surface area contributed by atoms with E-state index in [2.05, 4.69) is 6.58 Å². The second kappa shape index (κ2) is 5.57. The van der Waals surface area contributed by atoms with Crippen LogP contribution in [0.4, 0.5) is 13.2 Å². The highest BCUT2D eigenvalue weighted by molar-refractivity contribution is 5.91. The molecule has 0 unspecified atom stereocenters. The van der Waals surface area contributed by atoms with Gasteiger partial charge in [-0.2, -0.15) is 13.2 Å². The van der Waals surface area contributed by atoms with E-state index >= 15 is 0 Å². The maximum Gasteiger partial charge on any atom is 0.416 e. The summed E-state index contributed by atoms with van der Waals surface area (Å²) in [7, 11) is 0. The Kier molecular flexibility index (Phi) is 4.36. The monoisotopic (exact) mass is 260 g/mol. The van der Waals surface area contributed by atoms with Crippen LogP contribution in [0.15, 0.2) is 30.9 Å². The fourth-order valence-corrected chi connectivity index (χ4v) is 1.25. The Morgan fingerprint density at radius 2 is 2.11 bits per heavy atom. The van der Waals surface area contributed by atoms with Gasteiger partial charge in [-0.25, -0.2) is 4.79 Å². The number of hydrogen-bond donors (Lipinski definition) is 1. The third kappa shape index (κ3) is 3.51. The molecule has 0 bridgehead atoms. The van der Waals surface area contributed by atoms with E-state index in [9.17, 15) is 18.0 Å². The number of halogens is 3. The minimum absolute atomic E-state index is 0.0858. The van der Waals surface area contributed by atoms with Crippen LogP contribution in [0.25, 0.3) is 0 Å². The molecule has 98 valence electrons. The normalized spacial score (nSPS) is 11.1. The fourth-order valence-electron chi connectivity index (χ4n) is 1.25. The Labute approximate surface area is 101 Å². The number of aromatic carboxylic acids is 1. The third-order valence-corrected chi connectivity index (χ3v) is 2.12. The van der Waals surface area contributed by atoms with Gasteiger partial charge in [-0.05, 0) is 24.6 Å². The Balaban J connectivity index is 3.05. The predicted octanol–water partition coefficient (Wildman–Crippen LogP) is 3.36. The van der Waals surface area contributed by atoms with Gasteiger partial charge in [0.15, 0.2) is 0 Å². The van der Waals surface area contributed by atoms with Crippen molar-refractivity contribution < 1.29 is 27.8 Å². The summed E-state index contributed by atoms with van der Waals surface area (Å²) < 4.78 is 42.4. The van der Waals surface area contributed by atoms with E-state index in [0.717, 1.165) is 12.1 Å². The molecule has 0 spiro atoms. The third-order valence-electron chi connectivity index (χ3n) is 2.12. The lowest BCUT2D eigenvalue weighted by Crippen LogP contribution is -2.09. The summed E-state index contributed by atoms with van der Waals surface area (Å²) in [5.41, 5.74) is -1.52. The van der Waals surface area contributed by atoms with Gasteiger partial charge in [0.1, 0.15) is 11.3 Å². The molecule has 0 aliphatic rings. The molecule has 0 saturated carbocycles. The summed E-state index contributed by atoms with van der Waals surface area (Å²) in [6, 6.07) is 2.36. The molecule has 1 rings (SSSR count). The van der Waals surface area contributed by atoms with Gasteiger partial charge in [-0.3, -0.25) is 0 Å². The highest BCUT2D eigenvalue weighted by Gasteiger charge is 2.32. The van der Waals surface area contributed by atoms with Crippen molar-refractivity contribution in [2.24, 2.45) is 0 Å². The van der Waals surface area contributed by atoms with Gasteiger partial charge in [0.05, 0.1) is 12.2 Å². The minimum atomic E-state index is -4.58. The van der Waals surface area contributed by atoms with E-state index in [1.54, 1.807) is 6.08 Å². The van der Waals surface area contributed by atoms with Crippen LogP contribution in [-0.4, -0.2) is 17.7 Å². The first-order valence-electron chi connectivity index (χ1n) is 5.04. The molecule has 0 radical (unpaired) electrons. The van der Waals surface area contributed by atoms with E-state index in [1.165, 1.54) is 0 Å². The van der Waals surface area contributed by atoms with Crippen LogP contribution in [0.2, 0.25) is 0 Å². The summed E-state index contributed by atoms with van der Waals surface area (Å²) in [5.74, 6) is -1.55. The maximum absolute atomic E-state index is 12.4. The molecule has 1 aromatic rings. The second-order valence-corrected chi connectivity index (χ2v) is 3.44. The van der Waals surface area contributed by atoms with Crippen LogP contribution in [0.1, 0.15) is 22.3 Å². The molecule has 3 nitrogen and oxygen atoms in total. The standard InChI is InChI=1S/C12H11F3O3/c1-2-3-6-18-10-5-4-8(12(13,14)15)7-9(10)11(16)17/h2,4-5,7H,1,3,6H2,(H,16,17). The molecule has 0 saturated heterocycles. The van der Waals surface area contributed by atoms with Gasteiger partial charge < -0.3 is 9.84 Å². The largest absolute Gasteiger partial charge is 0.492 e. The predicted molar refractivity (Wildman–Crippen MR) is 58.7 cm³/mol. The van der Waals surface area contributed by atoms with Crippen LogP contribution in [-0.2, 0) is 6.18 Å². The number of carboxylic acids is 1. The molecule has 1 aromatic carbocycles. The van der Waals surface area contributed by atoms with E-state index < -0.39 is 23.3 Å². The number of ether oxygens (including phenoxy) is 1. The Bertz CT molecular complexity index is 452. The van der Waals surface area contributed by atoms with Crippen LogP contribution in [0.5, 0.6) is 5.75 Å². The van der Waals surface area contributed by atoms with Crippen molar-refractivity contribution in [2.75, 3.05) is 6.61 Å². The van der Waals surface area contributed by atoms with Crippen LogP contribution in [0, 0.1) is 0 Å². The molecule has 0 atom stereocenters. The quantitative estimate of drug-likeness (QED) is 0.652. The first-order chi connectivity index (χ1) is 8.36. The van der Waals surface area contributed by atoms with E-state index in [4.69, 9.17) is 9.84 Å². The summed E-state index contributed by atoms with van der Waals surface area (Å²) in [5, 5.41) is 8.84. The first kappa shape index (κ1) is 14.1. The molecule has 1 N–H and O–H groups in total. The molecule has 18 heavy (non-hydrogen) atoms. The zero-order valence-corrected chi connectivity index (χ0v) is 9.33. The molecule has 0 fully saturated rings. The van der Waals surface area contributed by atoms with Crippen molar-refractivity contribution in [1.82, 2.24) is 0 Å². The van der Waals surface area contributed by atoms with Crippen molar-refractivity contribution in [2.45, 2.75) is 12.6 Å². The van der Waals surface area contributed by atoms with Crippen molar-refractivity contribution in [3.8, 4) is 5.75 Å². The summed E-state index contributed by atoms with van der Waals surface area (Å²) >= 11 is 0. The lowest BCUT2D eigenvalue weighted by Gasteiger charge is -2.11. The van der Waals surface area contributed by atoms with Crippen LogP contribution >= 0.6 is 0 Å². The summed E-state index contributed by atoms with van der Waals surface area (Å²) in [4.78, 5) is 10.9. The molecular weight excluding hydrogens is 249 g/mol. The van der Waals surface area contributed by atoms with E-state index in [1.807, 2.05) is 0 Å². The van der Waals surface area contributed by atoms with Gasteiger partial charge in [-0.15, -0.1) is 6.58 Å². The van der Waals surface area contributed by atoms with Gasteiger partial charge in [0.2, 0.25) is 0 Å². The molecule has 0 amide bonds. The van der Waals surface area contributed by atoms with Crippen molar-refractivity contribution in [3.05, 3.63) is 42.0 Å². The highest BCUT2D eigenvalue weighted by atomic mass is 19.4. The average Bonchev–Trinajstić information content (AvgIpc) is 2.28. The van der Waals surface area contributed by atoms with Crippen molar-refractivity contribution >= 4 is 5.97 Å². The Morgan fingerprint density at radius 1 is 1.44 bits per heavy atom. The highest BCUT2D eigenvalue weighted by Crippen LogP contribution is 2.32.